The van der Waals surface area contributed by atoms with Gasteiger partial charge in [-0.05, 0) is 18.6 Å². The van der Waals surface area contributed by atoms with Gasteiger partial charge < -0.3 is 16.8 Å². The smallest absolute Gasteiger partial charge is 0.267 e. The van der Waals surface area contributed by atoms with E-state index in [-0.39, 0.29) is 57.0 Å². The summed E-state index contributed by atoms with van der Waals surface area (Å²) in [6.07, 6.45) is 2.50. The molecule has 34 heavy (non-hydrogen) atoms. The molecule has 0 aliphatic carbocycles. The normalized spacial score (nSPS) is 11.9. The zero-order valence-electron chi connectivity index (χ0n) is 17.6. The Hall–Kier alpha value is -4.37. The molecule has 0 spiro atoms. The van der Waals surface area contributed by atoms with Crippen molar-refractivity contribution in [3.63, 3.8) is 0 Å². The second kappa shape index (κ2) is 8.87. The Labute approximate surface area is 195 Å². The number of hydrogen-bond acceptors (Lipinski definition) is 9. The summed E-state index contributed by atoms with van der Waals surface area (Å²) in [5.41, 5.74) is 10.4. The zero-order chi connectivity index (χ0) is 24.6. The first-order chi connectivity index (χ1) is 16.2. The van der Waals surface area contributed by atoms with Crippen LogP contribution in [0.15, 0.2) is 35.4 Å². The van der Waals surface area contributed by atoms with Gasteiger partial charge in [-0.1, -0.05) is 18.5 Å². The fourth-order valence-electron chi connectivity index (χ4n) is 3.47. The number of halogens is 3. The molecule has 13 heteroatoms. The minimum Gasteiger partial charge on any atom is -0.382 e. The van der Waals surface area contributed by atoms with Crippen molar-refractivity contribution in [3.8, 4) is 11.8 Å². The Kier molecular flexibility index (Phi) is 5.95. The van der Waals surface area contributed by atoms with Crippen molar-refractivity contribution >= 4 is 40.1 Å². The van der Waals surface area contributed by atoms with Crippen LogP contribution in [0.4, 0.5) is 26.4 Å². The van der Waals surface area contributed by atoms with E-state index in [1.165, 1.54) is 12.3 Å². The third-order valence-electron chi connectivity index (χ3n) is 5.00. The van der Waals surface area contributed by atoms with Crippen molar-refractivity contribution in [3.05, 3.63) is 69.0 Å². The van der Waals surface area contributed by atoms with Crippen molar-refractivity contribution < 1.29 is 8.78 Å². The van der Waals surface area contributed by atoms with E-state index >= 15 is 0 Å². The predicted octanol–water partition coefficient (Wildman–Crippen LogP) is 3.10. The van der Waals surface area contributed by atoms with E-state index in [0.717, 1.165) is 22.9 Å². The third-order valence-corrected chi connectivity index (χ3v) is 5.31. The van der Waals surface area contributed by atoms with Crippen molar-refractivity contribution in [2.75, 3.05) is 16.8 Å². The molecule has 4 aromatic rings. The first-order valence-corrected chi connectivity index (χ1v) is 10.2. The van der Waals surface area contributed by atoms with Gasteiger partial charge in [-0.2, -0.15) is 15.2 Å². The van der Waals surface area contributed by atoms with Gasteiger partial charge in [0.1, 0.15) is 40.4 Å². The van der Waals surface area contributed by atoms with Crippen LogP contribution in [0, 0.1) is 23.0 Å². The highest BCUT2D eigenvalue weighted by atomic mass is 35.5. The second-order valence-corrected chi connectivity index (χ2v) is 7.54. The standard InChI is InChI=1S/C21H16ClF2N9O/c1-2-14(29-18-11(6-25)17(26)31-21(27)32-18)19-30-16-13(24)4-3-12(22)15(16)20(34)33(19)10-5-9(23)7-28-8-10/h3-5,7-8,14H,2H2,1H3,(H5,26,27,29,31,32)/t14-/m0/s1. The SMILES string of the molecule is CC[C@H](Nc1nc(N)nc(N)c1C#N)c1nc2c(F)ccc(Cl)c2c(=O)n1-c1cncc(F)c1. The maximum atomic E-state index is 14.7. The average molecular weight is 484 g/mol. The van der Waals surface area contributed by atoms with E-state index in [4.69, 9.17) is 23.1 Å². The largest absolute Gasteiger partial charge is 0.382 e. The number of nitrogens with zero attached hydrogens (tertiary/aromatic N) is 6. The number of fused-ring (bicyclic) bond motifs is 1. The lowest BCUT2D eigenvalue weighted by Gasteiger charge is -2.23. The number of aromatic nitrogens is 5. The van der Waals surface area contributed by atoms with Gasteiger partial charge in [-0.25, -0.2) is 13.8 Å². The molecular weight excluding hydrogens is 468 g/mol. The van der Waals surface area contributed by atoms with Crippen LogP contribution in [0.1, 0.15) is 30.8 Å². The lowest BCUT2D eigenvalue weighted by molar-refractivity contribution is 0.612. The van der Waals surface area contributed by atoms with Crippen LogP contribution in [0.25, 0.3) is 16.6 Å². The quantitative estimate of drug-likeness (QED) is 0.387. The van der Waals surface area contributed by atoms with Crippen molar-refractivity contribution in [1.29, 1.82) is 5.26 Å². The molecule has 5 N–H and O–H groups in total. The van der Waals surface area contributed by atoms with Crippen LogP contribution in [0.5, 0.6) is 0 Å². The molecule has 1 atom stereocenters. The van der Waals surface area contributed by atoms with Crippen LogP contribution in [-0.4, -0.2) is 24.5 Å². The fourth-order valence-corrected chi connectivity index (χ4v) is 3.70. The molecule has 3 heterocycles. The summed E-state index contributed by atoms with van der Waals surface area (Å²) in [6.45, 7) is 1.75. The Bertz CT molecular complexity index is 1530. The minimum absolute atomic E-state index is 0.00629. The molecule has 1 aromatic carbocycles. The predicted molar refractivity (Wildman–Crippen MR) is 122 cm³/mol. The molecule has 4 rings (SSSR count). The van der Waals surface area contributed by atoms with Gasteiger partial charge in [0, 0.05) is 6.07 Å². The highest BCUT2D eigenvalue weighted by Crippen LogP contribution is 2.29. The summed E-state index contributed by atoms with van der Waals surface area (Å²) >= 11 is 6.19. The Morgan fingerprint density at radius 1 is 1.24 bits per heavy atom. The average Bonchev–Trinajstić information content (AvgIpc) is 2.79. The fraction of sp³-hybridized carbons (Fsp3) is 0.143. The van der Waals surface area contributed by atoms with E-state index in [9.17, 15) is 18.8 Å². The number of rotatable bonds is 5. The van der Waals surface area contributed by atoms with Crippen molar-refractivity contribution in [2.45, 2.75) is 19.4 Å². The zero-order valence-corrected chi connectivity index (χ0v) is 18.3. The lowest BCUT2D eigenvalue weighted by Crippen LogP contribution is -2.29. The van der Waals surface area contributed by atoms with Crippen LogP contribution in [-0.2, 0) is 0 Å². The number of anilines is 3. The maximum Gasteiger partial charge on any atom is 0.267 e. The van der Waals surface area contributed by atoms with Crippen LogP contribution < -0.4 is 22.3 Å². The molecule has 0 saturated carbocycles. The first-order valence-electron chi connectivity index (χ1n) is 9.86. The van der Waals surface area contributed by atoms with E-state index < -0.39 is 23.2 Å². The molecule has 0 saturated heterocycles. The molecular formula is C21H16ClF2N9O. The van der Waals surface area contributed by atoms with Gasteiger partial charge in [0.15, 0.2) is 5.82 Å². The number of nitrogens with two attached hydrogens (primary N) is 2. The van der Waals surface area contributed by atoms with Gasteiger partial charge in [-0.3, -0.25) is 14.3 Å². The monoisotopic (exact) mass is 483 g/mol. The molecule has 0 amide bonds. The minimum atomic E-state index is -0.834. The summed E-state index contributed by atoms with van der Waals surface area (Å²) in [4.78, 5) is 29.5. The van der Waals surface area contributed by atoms with E-state index in [0.29, 0.717) is 0 Å². The highest BCUT2D eigenvalue weighted by molar-refractivity contribution is 6.35. The summed E-state index contributed by atoms with van der Waals surface area (Å²) in [5.74, 6) is -1.83. The van der Waals surface area contributed by atoms with Gasteiger partial charge in [0.05, 0.1) is 34.5 Å². The number of nitrogens with one attached hydrogen (secondary N) is 1. The highest BCUT2D eigenvalue weighted by Gasteiger charge is 2.25. The second-order valence-electron chi connectivity index (χ2n) is 7.13. The molecule has 0 fully saturated rings. The molecule has 10 nitrogen and oxygen atoms in total. The maximum absolute atomic E-state index is 14.7. The van der Waals surface area contributed by atoms with E-state index in [1.54, 1.807) is 6.92 Å². The summed E-state index contributed by atoms with van der Waals surface area (Å²) in [7, 11) is 0. The van der Waals surface area contributed by atoms with Gasteiger partial charge in [-0.15, -0.1) is 0 Å². The summed E-state index contributed by atoms with van der Waals surface area (Å²) < 4.78 is 29.8. The molecule has 0 bridgehead atoms. The van der Waals surface area contributed by atoms with Gasteiger partial charge in [0.2, 0.25) is 5.95 Å². The third kappa shape index (κ3) is 3.93. The Morgan fingerprint density at radius 2 is 2.00 bits per heavy atom. The molecule has 0 aliphatic rings. The van der Waals surface area contributed by atoms with Crippen molar-refractivity contribution in [2.24, 2.45) is 0 Å². The number of hydrogen-bond donors (Lipinski definition) is 3. The summed E-state index contributed by atoms with van der Waals surface area (Å²) in [6, 6.07) is 4.45. The van der Waals surface area contributed by atoms with Gasteiger partial charge >= 0.3 is 0 Å². The Morgan fingerprint density at radius 3 is 2.68 bits per heavy atom. The first kappa shape index (κ1) is 22.8. The molecule has 172 valence electrons. The molecule has 0 radical (unpaired) electrons. The molecule has 3 aromatic heterocycles. The van der Waals surface area contributed by atoms with Gasteiger partial charge in [0.25, 0.3) is 5.56 Å². The van der Waals surface area contributed by atoms with Crippen LogP contribution >= 0.6 is 11.6 Å². The summed E-state index contributed by atoms with van der Waals surface area (Å²) in [5, 5.41) is 12.2. The number of pyridine rings is 1. The lowest BCUT2D eigenvalue weighted by atomic mass is 10.1. The van der Waals surface area contributed by atoms with Crippen LogP contribution in [0.3, 0.4) is 0 Å². The Balaban J connectivity index is 2.02. The number of nitriles is 1. The van der Waals surface area contributed by atoms with E-state index in [1.807, 2.05) is 6.07 Å². The van der Waals surface area contributed by atoms with Crippen LogP contribution in [0.2, 0.25) is 5.02 Å². The molecule has 0 aliphatic heterocycles. The van der Waals surface area contributed by atoms with E-state index in [2.05, 4.69) is 25.3 Å². The number of nitrogen functional groups attached to an aromatic ring is 2. The molecule has 0 unspecified atom stereocenters. The topological polar surface area (TPSA) is 161 Å². The van der Waals surface area contributed by atoms with Crippen molar-refractivity contribution in [1.82, 2.24) is 24.5 Å². The number of benzene rings is 1.